The third-order valence-electron chi connectivity index (χ3n) is 7.34. The standard InChI is InChI=1S/C36H58N2O6/c1-3-4-5-6-7-8-9-10-11-12-13-14-15-16-17-18-19-20-21-22-23-24-25-35(40)44-31-30-43-29-28-42-27-26-38-34(39)32-33(2)37-36(38)41/h2-13,18-32H2,1H3,(H,37,41). The molecule has 1 N–H and O–H groups in total. The molecule has 1 heterocycles. The zero-order valence-electron chi connectivity index (χ0n) is 27.5. The van der Waals surface area contributed by atoms with Gasteiger partial charge >= 0.3 is 12.0 Å². The Bertz CT molecular complexity index is 906. The van der Waals surface area contributed by atoms with Crippen LogP contribution < -0.4 is 5.32 Å². The van der Waals surface area contributed by atoms with Gasteiger partial charge in [-0.3, -0.25) is 14.5 Å². The van der Waals surface area contributed by atoms with E-state index in [4.69, 9.17) is 14.2 Å². The molecule has 0 bridgehead atoms. The van der Waals surface area contributed by atoms with Crippen LogP contribution in [0.5, 0.6) is 0 Å². The maximum atomic E-state index is 11.9. The van der Waals surface area contributed by atoms with Gasteiger partial charge in [0.2, 0.25) is 5.91 Å². The van der Waals surface area contributed by atoms with Gasteiger partial charge in [-0.05, 0) is 31.1 Å². The van der Waals surface area contributed by atoms with Crippen LogP contribution in [0, 0.1) is 23.7 Å². The van der Waals surface area contributed by atoms with Gasteiger partial charge in [-0.15, -0.1) is 0 Å². The molecule has 0 atom stereocenters. The van der Waals surface area contributed by atoms with E-state index in [0.29, 0.717) is 31.9 Å². The van der Waals surface area contributed by atoms with Crippen molar-refractivity contribution in [2.75, 3.05) is 39.6 Å². The molecule has 44 heavy (non-hydrogen) atoms. The molecule has 0 unspecified atom stereocenters. The third-order valence-corrected chi connectivity index (χ3v) is 7.34. The number of ether oxygens (including phenoxy) is 3. The third kappa shape index (κ3) is 23.6. The van der Waals surface area contributed by atoms with E-state index in [9.17, 15) is 14.4 Å². The number of amides is 3. The number of carbonyl (C=O) groups excluding carboxylic acids is 3. The first kappa shape index (κ1) is 39.2. The lowest BCUT2D eigenvalue weighted by molar-refractivity contribution is -0.145. The highest BCUT2D eigenvalue weighted by Crippen LogP contribution is 2.12. The van der Waals surface area contributed by atoms with Crippen LogP contribution in [-0.2, 0) is 23.8 Å². The summed E-state index contributed by atoms with van der Waals surface area (Å²) >= 11 is 0. The van der Waals surface area contributed by atoms with Crippen LogP contribution in [-0.4, -0.2) is 62.4 Å². The molecule has 1 aliphatic heterocycles. The number of urea groups is 1. The highest BCUT2D eigenvalue weighted by atomic mass is 16.6. The monoisotopic (exact) mass is 614 g/mol. The largest absolute Gasteiger partial charge is 0.463 e. The number of imide groups is 1. The minimum absolute atomic E-state index is 0.111. The zero-order chi connectivity index (χ0) is 31.9. The van der Waals surface area contributed by atoms with Gasteiger partial charge < -0.3 is 19.5 Å². The van der Waals surface area contributed by atoms with Crippen molar-refractivity contribution >= 4 is 17.9 Å². The average Bonchev–Trinajstić information content (AvgIpc) is 2.99. The number of hydrogen-bond acceptors (Lipinski definition) is 6. The summed E-state index contributed by atoms with van der Waals surface area (Å²) in [5.74, 6) is 11.9. The number of rotatable bonds is 27. The summed E-state index contributed by atoms with van der Waals surface area (Å²) in [6.07, 6.45) is 22.3. The summed E-state index contributed by atoms with van der Waals surface area (Å²) in [5.41, 5.74) is 0.407. The van der Waals surface area contributed by atoms with Crippen molar-refractivity contribution in [3.63, 3.8) is 0 Å². The highest BCUT2D eigenvalue weighted by molar-refractivity contribution is 5.99. The molecule has 1 fully saturated rings. The van der Waals surface area contributed by atoms with Gasteiger partial charge in [-0.2, -0.15) is 0 Å². The molecule has 0 aromatic rings. The van der Waals surface area contributed by atoms with E-state index in [1.54, 1.807) is 0 Å². The number of nitrogens with zero attached hydrogens (tertiary/aromatic N) is 1. The van der Waals surface area contributed by atoms with Crippen LogP contribution in [0.15, 0.2) is 12.3 Å². The van der Waals surface area contributed by atoms with Gasteiger partial charge in [0.15, 0.2) is 0 Å². The molecule has 1 saturated heterocycles. The minimum atomic E-state index is -0.472. The van der Waals surface area contributed by atoms with Crippen LogP contribution in [0.25, 0.3) is 0 Å². The fourth-order valence-electron chi connectivity index (χ4n) is 4.75. The molecule has 3 amide bonds. The first-order valence-electron chi connectivity index (χ1n) is 17.1. The fraction of sp³-hybridized carbons (Fsp3) is 0.750. The van der Waals surface area contributed by atoms with Gasteiger partial charge in [-0.25, -0.2) is 4.79 Å². The average molecular weight is 615 g/mol. The Labute approximate surface area is 267 Å². The molecule has 0 aromatic carbocycles. The smallest absolute Gasteiger partial charge is 0.328 e. The van der Waals surface area contributed by atoms with Gasteiger partial charge in [0.25, 0.3) is 0 Å². The topological polar surface area (TPSA) is 94.2 Å². The predicted molar refractivity (Wildman–Crippen MR) is 176 cm³/mol. The summed E-state index contributed by atoms with van der Waals surface area (Å²) in [6, 6.07) is -0.472. The van der Waals surface area contributed by atoms with E-state index in [1.165, 1.54) is 64.2 Å². The van der Waals surface area contributed by atoms with Crippen LogP contribution >= 0.6 is 0 Å². The van der Waals surface area contributed by atoms with E-state index in [2.05, 4.69) is 42.5 Å². The Morgan fingerprint density at radius 1 is 0.727 bits per heavy atom. The summed E-state index contributed by atoms with van der Waals surface area (Å²) in [6.45, 7) is 7.46. The number of hydrogen-bond donors (Lipinski definition) is 1. The molecule has 8 heteroatoms. The van der Waals surface area contributed by atoms with E-state index >= 15 is 0 Å². The van der Waals surface area contributed by atoms with Gasteiger partial charge in [0.05, 0.1) is 39.4 Å². The van der Waals surface area contributed by atoms with Crippen molar-refractivity contribution in [2.45, 2.75) is 135 Å². The summed E-state index contributed by atoms with van der Waals surface area (Å²) in [4.78, 5) is 36.5. The number of unbranched alkanes of at least 4 members (excludes halogenated alkanes) is 16. The van der Waals surface area contributed by atoms with E-state index in [0.717, 1.165) is 56.3 Å². The van der Waals surface area contributed by atoms with Gasteiger partial charge in [0, 0.05) is 25.0 Å². The van der Waals surface area contributed by atoms with Gasteiger partial charge in [0.1, 0.15) is 6.61 Å². The fourth-order valence-corrected chi connectivity index (χ4v) is 4.75. The Morgan fingerprint density at radius 3 is 1.80 bits per heavy atom. The molecule has 248 valence electrons. The minimum Gasteiger partial charge on any atom is -0.463 e. The lowest BCUT2D eigenvalue weighted by Gasteiger charge is -2.26. The normalized spacial score (nSPS) is 12.8. The molecule has 1 aliphatic rings. The molecular weight excluding hydrogens is 556 g/mol. The number of esters is 1. The Balaban J connectivity index is 1.80. The van der Waals surface area contributed by atoms with Crippen molar-refractivity contribution in [3.8, 4) is 23.7 Å². The van der Waals surface area contributed by atoms with E-state index < -0.39 is 6.03 Å². The van der Waals surface area contributed by atoms with Crippen molar-refractivity contribution < 1.29 is 28.6 Å². The summed E-state index contributed by atoms with van der Waals surface area (Å²) in [7, 11) is 0. The Kier molecular flexibility index (Phi) is 25.8. The molecule has 0 spiro atoms. The van der Waals surface area contributed by atoms with Crippen molar-refractivity contribution in [1.29, 1.82) is 0 Å². The molecule has 0 aliphatic carbocycles. The molecule has 8 nitrogen and oxygen atoms in total. The molecule has 0 saturated carbocycles. The number of nitrogens with one attached hydrogen (secondary N) is 1. The van der Waals surface area contributed by atoms with Crippen molar-refractivity contribution in [1.82, 2.24) is 10.2 Å². The predicted octanol–water partition coefficient (Wildman–Crippen LogP) is 7.46. The van der Waals surface area contributed by atoms with Crippen LogP contribution in [0.1, 0.15) is 135 Å². The Morgan fingerprint density at radius 2 is 1.23 bits per heavy atom. The molecule has 0 aromatic heterocycles. The second kappa shape index (κ2) is 28.9. The number of carbonyl (C=O) groups is 3. The van der Waals surface area contributed by atoms with Crippen LogP contribution in [0.3, 0.4) is 0 Å². The molecule has 1 rings (SSSR count). The zero-order valence-corrected chi connectivity index (χ0v) is 27.5. The second-order valence-electron chi connectivity index (χ2n) is 11.4. The second-order valence-corrected chi connectivity index (χ2v) is 11.4. The van der Waals surface area contributed by atoms with Gasteiger partial charge in [-0.1, -0.05) is 109 Å². The quantitative estimate of drug-likeness (QED) is 0.0587. The maximum Gasteiger partial charge on any atom is 0.328 e. The SMILES string of the molecule is C=C1CC(=O)N(CCOCCOCCOC(=O)CCCCCCCCC#CC#CCCCCCCCCCCCC)C(=O)N1. The highest BCUT2D eigenvalue weighted by Gasteiger charge is 2.27. The van der Waals surface area contributed by atoms with Crippen molar-refractivity contribution in [2.24, 2.45) is 0 Å². The summed E-state index contributed by atoms with van der Waals surface area (Å²) < 4.78 is 16.0. The summed E-state index contributed by atoms with van der Waals surface area (Å²) in [5, 5.41) is 2.53. The molecular formula is C36H58N2O6. The van der Waals surface area contributed by atoms with Crippen LogP contribution in [0.4, 0.5) is 4.79 Å². The van der Waals surface area contributed by atoms with Crippen molar-refractivity contribution in [3.05, 3.63) is 12.3 Å². The van der Waals surface area contributed by atoms with Crippen LogP contribution in [0.2, 0.25) is 0 Å². The lowest BCUT2D eigenvalue weighted by atomic mass is 10.1. The molecule has 0 radical (unpaired) electrons. The first-order chi connectivity index (χ1) is 21.5. The van der Waals surface area contributed by atoms with E-state index in [1.807, 2.05) is 0 Å². The van der Waals surface area contributed by atoms with E-state index in [-0.39, 0.29) is 38.1 Å². The lowest BCUT2D eigenvalue weighted by Crippen LogP contribution is -2.49. The first-order valence-corrected chi connectivity index (χ1v) is 17.1. The Hall–Kier alpha value is -2.81. The maximum absolute atomic E-state index is 11.9.